The number of anilines is 1. The van der Waals surface area contributed by atoms with Crippen LogP contribution in [0.4, 0.5) is 10.5 Å². The third-order valence-electron chi connectivity index (χ3n) is 3.57. The number of nitrogens with one attached hydrogen (secondary N) is 1. The Kier molecular flexibility index (Phi) is 4.64. The average Bonchev–Trinajstić information content (AvgIpc) is 2.72. The van der Waals surface area contributed by atoms with Gasteiger partial charge in [0.2, 0.25) is 0 Å². The molecule has 1 heterocycles. The van der Waals surface area contributed by atoms with Gasteiger partial charge >= 0.3 is 12.0 Å². The van der Waals surface area contributed by atoms with Crippen LogP contribution in [0.1, 0.15) is 30.6 Å². The Morgan fingerprint density at radius 3 is 2.29 bits per heavy atom. The lowest BCUT2D eigenvalue weighted by atomic mass is 10.1. The number of urea groups is 1. The van der Waals surface area contributed by atoms with Crippen LogP contribution in [0, 0.1) is 5.92 Å². The molecule has 1 aliphatic heterocycles. The van der Waals surface area contributed by atoms with E-state index >= 15 is 0 Å². The van der Waals surface area contributed by atoms with Gasteiger partial charge in [0, 0.05) is 12.6 Å². The monoisotopic (exact) mass is 330 g/mol. The highest BCUT2D eigenvalue weighted by Gasteiger charge is 2.30. The smallest absolute Gasteiger partial charge is 0.335 e. The second-order valence-electron chi connectivity index (χ2n) is 5.39. The van der Waals surface area contributed by atoms with E-state index in [-0.39, 0.29) is 33.4 Å². The first-order valence-corrected chi connectivity index (χ1v) is 7.35. The lowest BCUT2D eigenvalue weighted by Crippen LogP contribution is -2.37. The second kappa shape index (κ2) is 6.12. The van der Waals surface area contributed by atoms with Gasteiger partial charge in [-0.3, -0.25) is 0 Å². The van der Waals surface area contributed by atoms with Crippen molar-refractivity contribution in [2.45, 2.75) is 26.3 Å². The van der Waals surface area contributed by atoms with Gasteiger partial charge < -0.3 is 15.3 Å². The summed E-state index contributed by atoms with van der Waals surface area (Å²) in [5, 5.41) is 11.8. The Labute approximate surface area is 132 Å². The molecule has 7 heteroatoms. The number of amides is 2. The summed E-state index contributed by atoms with van der Waals surface area (Å²) in [5.74, 6) is -0.676. The lowest BCUT2D eigenvalue weighted by Gasteiger charge is -2.22. The number of benzene rings is 1. The highest BCUT2D eigenvalue weighted by Crippen LogP contribution is 2.33. The van der Waals surface area contributed by atoms with Crippen LogP contribution in [-0.4, -0.2) is 34.6 Å². The molecular formula is C14H16Cl2N2O3. The zero-order valence-electron chi connectivity index (χ0n) is 11.7. The Morgan fingerprint density at radius 2 is 1.86 bits per heavy atom. The van der Waals surface area contributed by atoms with E-state index in [1.165, 1.54) is 12.1 Å². The molecule has 0 bridgehead atoms. The zero-order valence-corrected chi connectivity index (χ0v) is 13.2. The van der Waals surface area contributed by atoms with E-state index in [4.69, 9.17) is 28.3 Å². The average molecular weight is 331 g/mol. The summed E-state index contributed by atoms with van der Waals surface area (Å²) < 4.78 is 0. The molecule has 21 heavy (non-hydrogen) atoms. The molecule has 1 saturated heterocycles. The molecule has 1 fully saturated rings. The standard InChI is InChI=1S/C14H16Cl2N2O3/c1-7-3-8(2)18(6-7)14(21)17-12-10(15)4-9(13(19)20)5-11(12)16/h4-5,7-8H,3,6H2,1-2H3,(H,17,21)(H,19,20). The Hall–Kier alpha value is -1.46. The summed E-state index contributed by atoms with van der Waals surface area (Å²) in [5.41, 5.74) is 0.214. The quantitative estimate of drug-likeness (QED) is 0.862. The fourth-order valence-corrected chi connectivity index (χ4v) is 3.16. The lowest BCUT2D eigenvalue weighted by molar-refractivity contribution is 0.0697. The molecule has 2 rings (SSSR count). The molecule has 0 saturated carbocycles. The molecule has 0 aromatic heterocycles. The van der Waals surface area contributed by atoms with Crippen molar-refractivity contribution in [2.24, 2.45) is 5.92 Å². The van der Waals surface area contributed by atoms with E-state index in [0.717, 1.165) is 6.42 Å². The van der Waals surface area contributed by atoms with Crippen molar-refractivity contribution in [2.75, 3.05) is 11.9 Å². The molecule has 5 nitrogen and oxygen atoms in total. The number of hydrogen-bond donors (Lipinski definition) is 2. The number of carboxylic acid groups (broad SMARTS) is 1. The van der Waals surface area contributed by atoms with Crippen molar-refractivity contribution in [1.29, 1.82) is 0 Å². The van der Waals surface area contributed by atoms with Crippen molar-refractivity contribution in [3.63, 3.8) is 0 Å². The van der Waals surface area contributed by atoms with Crippen molar-refractivity contribution < 1.29 is 14.7 Å². The SMILES string of the molecule is CC1CC(C)N(C(=O)Nc2c(Cl)cc(C(=O)O)cc2Cl)C1. The number of likely N-dealkylation sites (tertiary alicyclic amines) is 1. The number of carbonyl (C=O) groups is 2. The summed E-state index contributed by atoms with van der Waals surface area (Å²) >= 11 is 12.0. The topological polar surface area (TPSA) is 69.6 Å². The number of halogens is 2. The first-order valence-electron chi connectivity index (χ1n) is 6.59. The molecular weight excluding hydrogens is 315 g/mol. The van der Waals surface area contributed by atoms with Crippen LogP contribution in [0.2, 0.25) is 10.0 Å². The van der Waals surface area contributed by atoms with Gasteiger partial charge in [-0.05, 0) is 31.4 Å². The maximum Gasteiger partial charge on any atom is 0.335 e. The summed E-state index contributed by atoms with van der Waals surface area (Å²) in [6.45, 7) is 4.75. The van der Waals surface area contributed by atoms with Gasteiger partial charge in [-0.25, -0.2) is 9.59 Å². The minimum absolute atomic E-state index is 0.0221. The molecule has 2 N–H and O–H groups in total. The number of nitrogens with zero attached hydrogens (tertiary/aromatic N) is 1. The van der Waals surface area contributed by atoms with Gasteiger partial charge in [-0.15, -0.1) is 0 Å². The van der Waals surface area contributed by atoms with E-state index < -0.39 is 5.97 Å². The van der Waals surface area contributed by atoms with Crippen molar-refractivity contribution in [1.82, 2.24) is 4.90 Å². The summed E-state index contributed by atoms with van der Waals surface area (Å²) in [6, 6.07) is 2.40. The summed E-state index contributed by atoms with van der Waals surface area (Å²) in [7, 11) is 0. The van der Waals surface area contributed by atoms with E-state index in [1.54, 1.807) is 4.90 Å². The van der Waals surface area contributed by atoms with Crippen molar-refractivity contribution in [3.8, 4) is 0 Å². The van der Waals surface area contributed by atoms with Crippen LogP contribution in [0.3, 0.4) is 0 Å². The van der Waals surface area contributed by atoms with Gasteiger partial charge in [0.15, 0.2) is 0 Å². The predicted octanol–water partition coefficient (Wildman–Crippen LogP) is 3.95. The van der Waals surface area contributed by atoms with Gasteiger partial charge in [0.1, 0.15) is 0 Å². The maximum absolute atomic E-state index is 12.3. The molecule has 0 spiro atoms. The number of rotatable bonds is 2. The van der Waals surface area contributed by atoms with Gasteiger partial charge in [0.25, 0.3) is 0 Å². The highest BCUT2D eigenvalue weighted by atomic mass is 35.5. The summed E-state index contributed by atoms with van der Waals surface area (Å²) in [4.78, 5) is 24.9. The number of aromatic carboxylic acids is 1. The van der Waals surface area contributed by atoms with Crippen LogP contribution in [0.15, 0.2) is 12.1 Å². The fraction of sp³-hybridized carbons (Fsp3) is 0.429. The molecule has 114 valence electrons. The first-order chi connectivity index (χ1) is 9.79. The Balaban J connectivity index is 2.20. The van der Waals surface area contributed by atoms with E-state index in [9.17, 15) is 9.59 Å². The number of carbonyl (C=O) groups excluding carboxylic acids is 1. The van der Waals surface area contributed by atoms with Gasteiger partial charge in [-0.1, -0.05) is 30.1 Å². The van der Waals surface area contributed by atoms with Crippen molar-refractivity contribution >= 4 is 40.9 Å². The molecule has 2 amide bonds. The van der Waals surface area contributed by atoms with Crippen LogP contribution in [0.5, 0.6) is 0 Å². The molecule has 1 aromatic carbocycles. The van der Waals surface area contributed by atoms with Crippen LogP contribution >= 0.6 is 23.2 Å². The van der Waals surface area contributed by atoms with Crippen LogP contribution in [-0.2, 0) is 0 Å². The molecule has 1 aliphatic rings. The van der Waals surface area contributed by atoms with Crippen LogP contribution < -0.4 is 5.32 Å². The third-order valence-corrected chi connectivity index (χ3v) is 4.16. The molecule has 0 aliphatic carbocycles. The molecule has 2 unspecified atom stereocenters. The fourth-order valence-electron chi connectivity index (χ4n) is 2.58. The second-order valence-corrected chi connectivity index (χ2v) is 6.21. The minimum atomic E-state index is -1.13. The van der Waals surface area contributed by atoms with E-state index in [2.05, 4.69) is 12.2 Å². The number of carboxylic acids is 1. The maximum atomic E-state index is 12.3. The highest BCUT2D eigenvalue weighted by molar-refractivity contribution is 6.40. The first kappa shape index (κ1) is 15.9. The third kappa shape index (κ3) is 3.41. The molecule has 2 atom stereocenters. The van der Waals surface area contributed by atoms with E-state index in [0.29, 0.717) is 12.5 Å². The summed E-state index contributed by atoms with van der Waals surface area (Å²) in [6.07, 6.45) is 0.951. The number of hydrogen-bond acceptors (Lipinski definition) is 2. The van der Waals surface area contributed by atoms with Gasteiger partial charge in [-0.2, -0.15) is 0 Å². The molecule has 1 aromatic rings. The Bertz CT molecular complexity index is 569. The van der Waals surface area contributed by atoms with Gasteiger partial charge in [0.05, 0.1) is 21.3 Å². The largest absolute Gasteiger partial charge is 0.478 e. The Morgan fingerprint density at radius 1 is 1.29 bits per heavy atom. The molecule has 0 radical (unpaired) electrons. The van der Waals surface area contributed by atoms with E-state index in [1.807, 2.05) is 6.92 Å². The zero-order chi connectivity index (χ0) is 15.7. The normalized spacial score (nSPS) is 21.4. The van der Waals surface area contributed by atoms with Crippen molar-refractivity contribution in [3.05, 3.63) is 27.7 Å². The predicted molar refractivity (Wildman–Crippen MR) is 82.4 cm³/mol. The van der Waals surface area contributed by atoms with Crippen LogP contribution in [0.25, 0.3) is 0 Å². The minimum Gasteiger partial charge on any atom is -0.478 e.